The van der Waals surface area contributed by atoms with Gasteiger partial charge in [-0.3, -0.25) is 4.72 Å². The standard InChI is InChI=1S/C15H18N4O3S/c1-4-9-16-14-7-8-15(18-17-14)19-23(20,21)13-10-11(2)5-6-12(13)22-3/h4-8,10H,1,9H2,2-3H3,(H,16,17)(H,18,19). The molecule has 0 amide bonds. The fraction of sp³-hybridized carbons (Fsp3) is 0.200. The van der Waals surface area contributed by atoms with Gasteiger partial charge in [0.2, 0.25) is 0 Å². The van der Waals surface area contributed by atoms with Crippen LogP contribution in [0.3, 0.4) is 0 Å². The van der Waals surface area contributed by atoms with Crippen LogP contribution in [0.4, 0.5) is 11.6 Å². The number of ether oxygens (including phenoxy) is 1. The van der Waals surface area contributed by atoms with Gasteiger partial charge in [-0.05, 0) is 36.8 Å². The van der Waals surface area contributed by atoms with Crippen molar-refractivity contribution in [2.24, 2.45) is 0 Å². The Labute approximate surface area is 135 Å². The lowest BCUT2D eigenvalue weighted by atomic mass is 10.2. The van der Waals surface area contributed by atoms with Crippen LogP contribution in [0.15, 0.2) is 47.9 Å². The molecule has 0 unspecified atom stereocenters. The van der Waals surface area contributed by atoms with Crippen molar-refractivity contribution in [3.63, 3.8) is 0 Å². The van der Waals surface area contributed by atoms with Gasteiger partial charge in [-0.1, -0.05) is 12.1 Å². The molecule has 2 aromatic rings. The Hall–Kier alpha value is -2.61. The maximum Gasteiger partial charge on any atom is 0.266 e. The van der Waals surface area contributed by atoms with Gasteiger partial charge < -0.3 is 10.1 Å². The molecule has 0 aliphatic carbocycles. The Bertz CT molecular complexity index is 789. The van der Waals surface area contributed by atoms with E-state index in [0.717, 1.165) is 5.56 Å². The van der Waals surface area contributed by atoms with Crippen molar-refractivity contribution in [1.29, 1.82) is 0 Å². The molecule has 8 heteroatoms. The quantitative estimate of drug-likeness (QED) is 0.754. The Morgan fingerprint density at radius 1 is 1.22 bits per heavy atom. The first-order chi connectivity index (χ1) is 11.0. The zero-order chi connectivity index (χ0) is 16.9. The van der Waals surface area contributed by atoms with Crippen LogP contribution in [-0.2, 0) is 10.0 Å². The number of benzene rings is 1. The first-order valence-corrected chi connectivity index (χ1v) is 8.30. The monoisotopic (exact) mass is 334 g/mol. The van der Waals surface area contributed by atoms with Crippen molar-refractivity contribution in [2.75, 3.05) is 23.7 Å². The van der Waals surface area contributed by atoms with Gasteiger partial charge in [0.15, 0.2) is 5.82 Å². The van der Waals surface area contributed by atoms with E-state index in [4.69, 9.17) is 4.74 Å². The SMILES string of the molecule is C=CCNc1ccc(NS(=O)(=O)c2cc(C)ccc2OC)nn1. The minimum Gasteiger partial charge on any atom is -0.495 e. The van der Waals surface area contributed by atoms with Crippen LogP contribution in [0.25, 0.3) is 0 Å². The summed E-state index contributed by atoms with van der Waals surface area (Å²) in [7, 11) is -2.40. The number of aryl methyl sites for hydroxylation is 1. The van der Waals surface area contributed by atoms with Crippen molar-refractivity contribution < 1.29 is 13.2 Å². The van der Waals surface area contributed by atoms with Crippen LogP contribution in [0.1, 0.15) is 5.56 Å². The van der Waals surface area contributed by atoms with Crippen molar-refractivity contribution in [3.8, 4) is 5.75 Å². The second-order valence-electron chi connectivity index (χ2n) is 4.73. The van der Waals surface area contributed by atoms with Crippen LogP contribution in [0.5, 0.6) is 5.75 Å². The summed E-state index contributed by atoms with van der Waals surface area (Å²) in [6.45, 7) is 5.93. The molecule has 23 heavy (non-hydrogen) atoms. The third-order valence-electron chi connectivity index (χ3n) is 2.94. The minimum atomic E-state index is -3.82. The van der Waals surface area contributed by atoms with Crippen molar-refractivity contribution in [2.45, 2.75) is 11.8 Å². The van der Waals surface area contributed by atoms with Gasteiger partial charge in [0, 0.05) is 6.54 Å². The number of hydrogen-bond acceptors (Lipinski definition) is 6. The molecule has 0 saturated carbocycles. The second-order valence-corrected chi connectivity index (χ2v) is 6.38. The van der Waals surface area contributed by atoms with Crippen molar-refractivity contribution in [3.05, 3.63) is 48.6 Å². The highest BCUT2D eigenvalue weighted by Crippen LogP contribution is 2.26. The maximum absolute atomic E-state index is 12.5. The Morgan fingerprint density at radius 2 is 1.91 bits per heavy atom. The molecule has 1 heterocycles. The lowest BCUT2D eigenvalue weighted by molar-refractivity contribution is 0.402. The van der Waals surface area contributed by atoms with E-state index in [-0.39, 0.29) is 16.5 Å². The summed E-state index contributed by atoms with van der Waals surface area (Å²) >= 11 is 0. The predicted octanol–water partition coefficient (Wildman–Crippen LogP) is 2.19. The molecule has 0 fully saturated rings. The average Bonchev–Trinajstić information content (AvgIpc) is 2.54. The van der Waals surface area contributed by atoms with Gasteiger partial charge in [-0.25, -0.2) is 8.42 Å². The van der Waals surface area contributed by atoms with E-state index in [1.807, 2.05) is 0 Å². The lowest BCUT2D eigenvalue weighted by Crippen LogP contribution is -2.15. The number of nitrogens with one attached hydrogen (secondary N) is 2. The van der Waals surface area contributed by atoms with E-state index in [9.17, 15) is 8.42 Å². The number of aromatic nitrogens is 2. The Morgan fingerprint density at radius 3 is 2.52 bits per heavy atom. The highest BCUT2D eigenvalue weighted by atomic mass is 32.2. The first-order valence-electron chi connectivity index (χ1n) is 6.82. The van der Waals surface area contributed by atoms with Gasteiger partial charge in [0.05, 0.1) is 7.11 Å². The highest BCUT2D eigenvalue weighted by molar-refractivity contribution is 7.92. The fourth-order valence-corrected chi connectivity index (χ4v) is 3.10. The third kappa shape index (κ3) is 4.19. The number of anilines is 2. The third-order valence-corrected chi connectivity index (χ3v) is 4.32. The van der Waals surface area contributed by atoms with Crippen LogP contribution in [-0.4, -0.2) is 32.3 Å². The average molecular weight is 334 g/mol. The van der Waals surface area contributed by atoms with Gasteiger partial charge in [0.1, 0.15) is 16.5 Å². The second kappa shape index (κ2) is 7.10. The van der Waals surface area contributed by atoms with Gasteiger partial charge in [-0.2, -0.15) is 0 Å². The van der Waals surface area contributed by atoms with E-state index in [1.165, 1.54) is 19.2 Å². The molecule has 122 valence electrons. The molecule has 1 aromatic heterocycles. The number of methoxy groups -OCH3 is 1. The number of rotatable bonds is 7. The number of nitrogens with zero attached hydrogens (tertiary/aromatic N) is 2. The zero-order valence-corrected chi connectivity index (χ0v) is 13.7. The van der Waals surface area contributed by atoms with E-state index >= 15 is 0 Å². The minimum absolute atomic E-state index is 0.0515. The van der Waals surface area contributed by atoms with Gasteiger partial charge in [-0.15, -0.1) is 16.8 Å². The molecule has 0 saturated heterocycles. The van der Waals surface area contributed by atoms with E-state index in [1.54, 1.807) is 31.2 Å². The van der Waals surface area contributed by atoms with Gasteiger partial charge in [0.25, 0.3) is 10.0 Å². The highest BCUT2D eigenvalue weighted by Gasteiger charge is 2.20. The molecule has 7 nitrogen and oxygen atoms in total. The molecular formula is C15H18N4O3S. The summed E-state index contributed by atoms with van der Waals surface area (Å²) in [6.07, 6.45) is 1.68. The van der Waals surface area contributed by atoms with Crippen LogP contribution < -0.4 is 14.8 Å². The molecule has 2 N–H and O–H groups in total. The summed E-state index contributed by atoms with van der Waals surface area (Å²) in [5.74, 6) is 0.916. The number of sulfonamides is 1. The topological polar surface area (TPSA) is 93.2 Å². The first kappa shape index (κ1) is 16.8. The summed E-state index contributed by atoms with van der Waals surface area (Å²) in [5.41, 5.74) is 0.807. The summed E-state index contributed by atoms with van der Waals surface area (Å²) in [5, 5.41) is 10.7. The molecule has 2 rings (SSSR count). The number of hydrogen-bond donors (Lipinski definition) is 2. The zero-order valence-electron chi connectivity index (χ0n) is 12.9. The summed E-state index contributed by atoms with van der Waals surface area (Å²) in [6, 6.07) is 8.07. The van der Waals surface area contributed by atoms with E-state index in [2.05, 4.69) is 26.8 Å². The molecule has 1 aromatic carbocycles. The largest absolute Gasteiger partial charge is 0.495 e. The lowest BCUT2D eigenvalue weighted by Gasteiger charge is -2.11. The Balaban J connectivity index is 2.24. The maximum atomic E-state index is 12.5. The van der Waals surface area contributed by atoms with E-state index < -0.39 is 10.0 Å². The van der Waals surface area contributed by atoms with Crippen molar-refractivity contribution in [1.82, 2.24) is 10.2 Å². The fourth-order valence-electron chi connectivity index (χ4n) is 1.84. The molecule has 0 atom stereocenters. The van der Waals surface area contributed by atoms with Crippen LogP contribution in [0, 0.1) is 6.92 Å². The molecule has 0 bridgehead atoms. The molecule has 0 spiro atoms. The normalized spacial score (nSPS) is 10.9. The molecule has 0 aliphatic rings. The molecule has 0 aliphatic heterocycles. The predicted molar refractivity (Wildman–Crippen MR) is 89.3 cm³/mol. The van der Waals surface area contributed by atoms with Crippen LogP contribution in [0.2, 0.25) is 0 Å². The van der Waals surface area contributed by atoms with Crippen molar-refractivity contribution >= 4 is 21.7 Å². The smallest absolute Gasteiger partial charge is 0.266 e. The summed E-state index contributed by atoms with van der Waals surface area (Å²) < 4.78 is 32.5. The molecular weight excluding hydrogens is 316 g/mol. The van der Waals surface area contributed by atoms with E-state index in [0.29, 0.717) is 12.4 Å². The van der Waals surface area contributed by atoms with Gasteiger partial charge >= 0.3 is 0 Å². The van der Waals surface area contributed by atoms with Crippen LogP contribution >= 0.6 is 0 Å². The molecule has 0 radical (unpaired) electrons. The Kier molecular flexibility index (Phi) is 5.17. The summed E-state index contributed by atoms with van der Waals surface area (Å²) in [4.78, 5) is 0.0515.